The van der Waals surface area contributed by atoms with E-state index in [-0.39, 0.29) is 0 Å². The lowest BCUT2D eigenvalue weighted by Gasteiger charge is -2.22. The van der Waals surface area contributed by atoms with Crippen LogP contribution >= 0.6 is 0 Å². The molecule has 0 aromatic rings. The van der Waals surface area contributed by atoms with E-state index in [0.717, 1.165) is 32.1 Å². The first-order chi connectivity index (χ1) is 11.5. The van der Waals surface area contributed by atoms with Gasteiger partial charge < -0.3 is 15.9 Å². The standard InChI is InChI=1S/C20H39NO3/c1-3-4-5-6-7-8-9-10-11-12-13-18(14-15-21)16-19(17(2)22)20(23)24/h8-9,17-19,22H,3-7,10-16,21H2,1-2H3,(H,23,24). The Morgan fingerprint density at radius 3 is 2.17 bits per heavy atom. The van der Waals surface area contributed by atoms with Gasteiger partial charge in [0.15, 0.2) is 0 Å². The Bertz CT molecular complexity index is 329. The largest absolute Gasteiger partial charge is 0.481 e. The number of hydrogen-bond acceptors (Lipinski definition) is 3. The summed E-state index contributed by atoms with van der Waals surface area (Å²) in [5.74, 6) is -1.29. The maximum atomic E-state index is 11.2. The van der Waals surface area contributed by atoms with Crippen LogP contribution in [-0.4, -0.2) is 28.8 Å². The number of carboxylic acids is 1. The van der Waals surface area contributed by atoms with Gasteiger partial charge in [0.1, 0.15) is 0 Å². The van der Waals surface area contributed by atoms with Crippen molar-refractivity contribution in [3.63, 3.8) is 0 Å². The molecule has 4 nitrogen and oxygen atoms in total. The Hall–Kier alpha value is -0.870. The van der Waals surface area contributed by atoms with Crippen LogP contribution in [-0.2, 0) is 4.79 Å². The summed E-state index contributed by atoms with van der Waals surface area (Å²) < 4.78 is 0. The second kappa shape index (κ2) is 15.6. The lowest BCUT2D eigenvalue weighted by atomic mass is 9.85. The zero-order valence-electron chi connectivity index (χ0n) is 15.8. The average Bonchev–Trinajstić information content (AvgIpc) is 2.53. The molecule has 0 saturated heterocycles. The molecule has 0 bridgehead atoms. The van der Waals surface area contributed by atoms with Crippen LogP contribution in [0, 0.1) is 11.8 Å². The zero-order chi connectivity index (χ0) is 18.2. The van der Waals surface area contributed by atoms with Gasteiger partial charge >= 0.3 is 5.97 Å². The molecule has 0 amide bonds. The van der Waals surface area contributed by atoms with Crippen molar-refractivity contribution in [1.29, 1.82) is 0 Å². The van der Waals surface area contributed by atoms with E-state index >= 15 is 0 Å². The molecular weight excluding hydrogens is 302 g/mol. The number of rotatable bonds is 16. The number of carboxylic acid groups (broad SMARTS) is 1. The third-order valence-corrected chi connectivity index (χ3v) is 4.69. The van der Waals surface area contributed by atoms with Crippen molar-refractivity contribution in [2.75, 3.05) is 6.54 Å². The minimum Gasteiger partial charge on any atom is -0.481 e. The number of allylic oxidation sites excluding steroid dienone is 2. The van der Waals surface area contributed by atoms with Gasteiger partial charge in [-0.2, -0.15) is 0 Å². The van der Waals surface area contributed by atoms with E-state index in [1.807, 2.05) is 0 Å². The smallest absolute Gasteiger partial charge is 0.309 e. The van der Waals surface area contributed by atoms with Crippen molar-refractivity contribution in [3.05, 3.63) is 12.2 Å². The molecule has 3 atom stereocenters. The van der Waals surface area contributed by atoms with Crippen molar-refractivity contribution < 1.29 is 15.0 Å². The maximum Gasteiger partial charge on any atom is 0.309 e. The fraction of sp³-hybridized carbons (Fsp3) is 0.850. The molecule has 0 rings (SSSR count). The first kappa shape index (κ1) is 23.1. The van der Waals surface area contributed by atoms with Crippen LogP contribution in [0.4, 0.5) is 0 Å². The van der Waals surface area contributed by atoms with Crippen LogP contribution < -0.4 is 5.73 Å². The molecule has 3 unspecified atom stereocenters. The SMILES string of the molecule is CCCCCCC=CCCCCC(CCN)CC(C(=O)O)C(C)O. The molecule has 0 heterocycles. The number of unbranched alkanes of at least 4 members (excludes halogenated alkanes) is 6. The highest BCUT2D eigenvalue weighted by Gasteiger charge is 2.26. The van der Waals surface area contributed by atoms with Crippen molar-refractivity contribution in [1.82, 2.24) is 0 Å². The third-order valence-electron chi connectivity index (χ3n) is 4.69. The van der Waals surface area contributed by atoms with Crippen LogP contribution in [0.5, 0.6) is 0 Å². The van der Waals surface area contributed by atoms with E-state index in [2.05, 4.69) is 19.1 Å². The van der Waals surface area contributed by atoms with Gasteiger partial charge in [-0.05, 0) is 57.9 Å². The normalized spacial score (nSPS) is 15.5. The lowest BCUT2D eigenvalue weighted by molar-refractivity contribution is -0.146. The van der Waals surface area contributed by atoms with Crippen LogP contribution in [0.25, 0.3) is 0 Å². The van der Waals surface area contributed by atoms with E-state index in [1.54, 1.807) is 6.92 Å². The summed E-state index contributed by atoms with van der Waals surface area (Å²) in [4.78, 5) is 11.2. The number of hydrogen-bond donors (Lipinski definition) is 3. The van der Waals surface area contributed by atoms with Gasteiger partial charge in [0, 0.05) is 0 Å². The second-order valence-electron chi connectivity index (χ2n) is 6.97. The van der Waals surface area contributed by atoms with Gasteiger partial charge in [-0.3, -0.25) is 4.79 Å². The molecule has 4 heteroatoms. The van der Waals surface area contributed by atoms with Gasteiger partial charge in [-0.15, -0.1) is 0 Å². The van der Waals surface area contributed by atoms with Crippen molar-refractivity contribution in [2.24, 2.45) is 17.6 Å². The summed E-state index contributed by atoms with van der Waals surface area (Å²) in [6, 6.07) is 0. The highest BCUT2D eigenvalue weighted by molar-refractivity contribution is 5.70. The van der Waals surface area contributed by atoms with Gasteiger partial charge in [-0.1, -0.05) is 51.2 Å². The van der Waals surface area contributed by atoms with E-state index in [4.69, 9.17) is 5.73 Å². The quantitative estimate of drug-likeness (QED) is 0.285. The Morgan fingerprint density at radius 1 is 1.04 bits per heavy atom. The summed E-state index contributed by atoms with van der Waals surface area (Å²) in [6.45, 7) is 4.37. The monoisotopic (exact) mass is 341 g/mol. The minimum atomic E-state index is -0.905. The maximum absolute atomic E-state index is 11.2. The van der Waals surface area contributed by atoms with E-state index in [1.165, 1.54) is 32.1 Å². The van der Waals surface area contributed by atoms with Gasteiger partial charge in [-0.25, -0.2) is 0 Å². The molecule has 0 aliphatic carbocycles. The molecule has 0 saturated carbocycles. The zero-order valence-corrected chi connectivity index (χ0v) is 15.8. The molecule has 0 aromatic heterocycles. The average molecular weight is 342 g/mol. The number of carbonyl (C=O) groups is 1. The minimum absolute atomic E-state index is 0.295. The predicted molar refractivity (Wildman–Crippen MR) is 101 cm³/mol. The van der Waals surface area contributed by atoms with E-state index in [9.17, 15) is 15.0 Å². The number of aliphatic carboxylic acids is 1. The predicted octanol–water partition coefficient (Wildman–Crippen LogP) is 4.51. The second-order valence-corrected chi connectivity index (χ2v) is 6.97. The summed E-state index contributed by atoms with van der Waals surface area (Å²) in [7, 11) is 0. The summed E-state index contributed by atoms with van der Waals surface area (Å²) in [5, 5.41) is 18.8. The first-order valence-electron chi connectivity index (χ1n) is 9.78. The van der Waals surface area contributed by atoms with Crippen LogP contribution in [0.15, 0.2) is 12.2 Å². The Labute approximate surface area is 148 Å². The Morgan fingerprint density at radius 2 is 1.67 bits per heavy atom. The van der Waals surface area contributed by atoms with Crippen molar-refractivity contribution in [3.8, 4) is 0 Å². The molecule has 0 aliphatic heterocycles. The lowest BCUT2D eigenvalue weighted by Crippen LogP contribution is -2.28. The molecule has 0 aromatic carbocycles. The molecule has 0 aliphatic rings. The molecule has 4 N–H and O–H groups in total. The molecular formula is C20H39NO3. The van der Waals surface area contributed by atoms with E-state index < -0.39 is 18.0 Å². The van der Waals surface area contributed by atoms with Crippen molar-refractivity contribution >= 4 is 5.97 Å². The Kier molecular flexibility index (Phi) is 15.1. The van der Waals surface area contributed by atoms with Gasteiger partial charge in [0.2, 0.25) is 0 Å². The van der Waals surface area contributed by atoms with Crippen LogP contribution in [0.3, 0.4) is 0 Å². The summed E-state index contributed by atoms with van der Waals surface area (Å²) in [6.07, 6.45) is 15.9. The highest BCUT2D eigenvalue weighted by Crippen LogP contribution is 2.24. The van der Waals surface area contributed by atoms with Crippen LogP contribution in [0.1, 0.15) is 84.5 Å². The Balaban J connectivity index is 3.92. The third kappa shape index (κ3) is 12.5. The fourth-order valence-corrected chi connectivity index (χ4v) is 3.10. The summed E-state index contributed by atoms with van der Waals surface area (Å²) in [5.41, 5.74) is 5.66. The molecule has 24 heavy (non-hydrogen) atoms. The molecule has 0 radical (unpaired) electrons. The molecule has 0 spiro atoms. The summed E-state index contributed by atoms with van der Waals surface area (Å²) >= 11 is 0. The molecule has 0 fully saturated rings. The number of nitrogens with two attached hydrogens (primary N) is 1. The van der Waals surface area contributed by atoms with Crippen molar-refractivity contribution in [2.45, 2.75) is 90.6 Å². The van der Waals surface area contributed by atoms with Gasteiger partial charge in [0.05, 0.1) is 12.0 Å². The topological polar surface area (TPSA) is 83.6 Å². The highest BCUT2D eigenvalue weighted by atomic mass is 16.4. The first-order valence-corrected chi connectivity index (χ1v) is 9.78. The molecule has 142 valence electrons. The van der Waals surface area contributed by atoms with Crippen LogP contribution in [0.2, 0.25) is 0 Å². The van der Waals surface area contributed by atoms with Gasteiger partial charge in [0.25, 0.3) is 0 Å². The van der Waals surface area contributed by atoms with E-state index in [0.29, 0.717) is 18.9 Å². The number of aliphatic hydroxyl groups excluding tert-OH is 1. The number of aliphatic hydroxyl groups is 1. The fourth-order valence-electron chi connectivity index (χ4n) is 3.10.